The monoisotopic (exact) mass is 323 g/mol. The van der Waals surface area contributed by atoms with Gasteiger partial charge in [-0.2, -0.15) is 5.10 Å². The Kier molecular flexibility index (Phi) is 5.05. The molecule has 1 aromatic heterocycles. The molecule has 0 unspecified atom stereocenters. The van der Waals surface area contributed by atoms with Crippen LogP contribution in [-0.2, 0) is 9.53 Å². The first-order valence-corrected chi connectivity index (χ1v) is 6.85. The summed E-state index contributed by atoms with van der Waals surface area (Å²) in [6.07, 6.45) is 1.23. The molecule has 1 N–H and O–H groups in total. The van der Waals surface area contributed by atoms with E-state index in [0.29, 0.717) is 0 Å². The molecule has 0 saturated heterocycles. The van der Waals surface area contributed by atoms with Crippen LogP contribution in [0.3, 0.4) is 0 Å². The molecule has 0 saturated carbocycles. The van der Waals surface area contributed by atoms with Crippen LogP contribution < -0.4 is 5.32 Å². The Morgan fingerprint density at radius 2 is 1.91 bits per heavy atom. The van der Waals surface area contributed by atoms with Gasteiger partial charge in [0.1, 0.15) is 5.69 Å². The zero-order chi connectivity index (χ0) is 17.0. The lowest BCUT2D eigenvalue weighted by molar-refractivity contribution is -0.124. The number of carbonyl (C=O) groups is 2. The summed E-state index contributed by atoms with van der Waals surface area (Å²) in [7, 11) is 0. The highest BCUT2D eigenvalue weighted by atomic mass is 19.1. The summed E-state index contributed by atoms with van der Waals surface area (Å²) in [5, 5.41) is 6.33. The lowest BCUT2D eigenvalue weighted by Crippen LogP contribution is -2.34. The molecule has 2 aromatic rings. The van der Waals surface area contributed by atoms with Crippen LogP contribution in [-0.4, -0.2) is 34.3 Å². The SMILES string of the molecule is CC(C)NC(=O)COC(=O)c1ccn(-c2c(F)cccc2F)n1. The third-order valence-corrected chi connectivity index (χ3v) is 2.75. The van der Waals surface area contributed by atoms with Crippen LogP contribution in [0.25, 0.3) is 5.69 Å². The largest absolute Gasteiger partial charge is 0.451 e. The van der Waals surface area contributed by atoms with Crippen LogP contribution in [0.5, 0.6) is 0 Å². The van der Waals surface area contributed by atoms with E-state index in [1.54, 1.807) is 13.8 Å². The Morgan fingerprint density at radius 3 is 2.52 bits per heavy atom. The Morgan fingerprint density at radius 1 is 1.26 bits per heavy atom. The van der Waals surface area contributed by atoms with E-state index < -0.39 is 35.8 Å². The standard InChI is InChI=1S/C15H15F2N3O3/c1-9(2)18-13(21)8-23-15(22)12-6-7-20(19-12)14-10(16)4-3-5-11(14)17/h3-7,9H,8H2,1-2H3,(H,18,21). The number of rotatable bonds is 5. The molecular weight excluding hydrogens is 308 g/mol. The van der Waals surface area contributed by atoms with Gasteiger partial charge in [-0.1, -0.05) is 6.07 Å². The lowest BCUT2D eigenvalue weighted by Gasteiger charge is -2.08. The van der Waals surface area contributed by atoms with Crippen molar-refractivity contribution in [3.8, 4) is 5.69 Å². The summed E-state index contributed by atoms with van der Waals surface area (Å²) in [4.78, 5) is 23.2. The first-order valence-electron chi connectivity index (χ1n) is 6.85. The third kappa shape index (κ3) is 4.12. The van der Waals surface area contributed by atoms with Crippen molar-refractivity contribution in [2.24, 2.45) is 0 Å². The first-order chi connectivity index (χ1) is 10.9. The van der Waals surface area contributed by atoms with Crippen molar-refractivity contribution < 1.29 is 23.1 Å². The fraction of sp³-hybridized carbons (Fsp3) is 0.267. The maximum Gasteiger partial charge on any atom is 0.359 e. The van der Waals surface area contributed by atoms with E-state index in [1.807, 2.05) is 0 Å². The summed E-state index contributed by atoms with van der Waals surface area (Å²) in [5.41, 5.74) is -0.561. The fourth-order valence-corrected chi connectivity index (χ4v) is 1.83. The Bertz CT molecular complexity index is 708. The highest BCUT2D eigenvalue weighted by Gasteiger charge is 2.17. The van der Waals surface area contributed by atoms with Gasteiger partial charge >= 0.3 is 5.97 Å². The predicted molar refractivity (Wildman–Crippen MR) is 77.0 cm³/mol. The van der Waals surface area contributed by atoms with Crippen molar-refractivity contribution in [2.75, 3.05) is 6.61 Å². The minimum atomic E-state index is -0.862. The van der Waals surface area contributed by atoms with E-state index in [0.717, 1.165) is 16.8 Å². The van der Waals surface area contributed by atoms with Crippen LogP contribution in [0.1, 0.15) is 24.3 Å². The number of benzene rings is 1. The van der Waals surface area contributed by atoms with Gasteiger partial charge < -0.3 is 10.1 Å². The highest BCUT2D eigenvalue weighted by Crippen LogP contribution is 2.17. The number of aromatic nitrogens is 2. The second-order valence-electron chi connectivity index (χ2n) is 5.01. The second-order valence-corrected chi connectivity index (χ2v) is 5.01. The smallest absolute Gasteiger partial charge is 0.359 e. The molecule has 122 valence electrons. The van der Waals surface area contributed by atoms with Crippen molar-refractivity contribution in [1.82, 2.24) is 15.1 Å². The molecule has 23 heavy (non-hydrogen) atoms. The molecule has 0 fully saturated rings. The average Bonchev–Trinajstić information content (AvgIpc) is 2.93. The number of nitrogens with zero attached hydrogens (tertiary/aromatic N) is 2. The number of carbonyl (C=O) groups excluding carboxylic acids is 2. The van der Waals surface area contributed by atoms with Gasteiger partial charge in [0.05, 0.1) is 0 Å². The number of hydrogen-bond donors (Lipinski definition) is 1. The van der Waals surface area contributed by atoms with Gasteiger partial charge in [-0.3, -0.25) is 4.79 Å². The lowest BCUT2D eigenvalue weighted by atomic mass is 10.3. The molecule has 0 aliphatic rings. The molecule has 1 heterocycles. The quantitative estimate of drug-likeness (QED) is 0.852. The van der Waals surface area contributed by atoms with Gasteiger partial charge in [0.2, 0.25) is 0 Å². The Hall–Kier alpha value is -2.77. The number of halogens is 2. The molecule has 0 aliphatic heterocycles. The van der Waals surface area contributed by atoms with Gasteiger partial charge in [0.25, 0.3) is 5.91 Å². The Labute approximate surface area is 131 Å². The van der Waals surface area contributed by atoms with E-state index in [-0.39, 0.29) is 11.7 Å². The van der Waals surface area contributed by atoms with Crippen molar-refractivity contribution in [3.63, 3.8) is 0 Å². The number of esters is 1. The third-order valence-electron chi connectivity index (χ3n) is 2.75. The van der Waals surface area contributed by atoms with E-state index in [2.05, 4.69) is 10.4 Å². The zero-order valence-corrected chi connectivity index (χ0v) is 12.5. The van der Waals surface area contributed by atoms with E-state index in [1.165, 1.54) is 18.3 Å². The van der Waals surface area contributed by atoms with E-state index in [9.17, 15) is 18.4 Å². The summed E-state index contributed by atoms with van der Waals surface area (Å²) in [6.45, 7) is 3.08. The minimum Gasteiger partial charge on any atom is -0.451 e. The number of ether oxygens (including phenoxy) is 1. The number of para-hydroxylation sites is 1. The minimum absolute atomic E-state index is 0.0792. The van der Waals surface area contributed by atoms with Gasteiger partial charge in [0, 0.05) is 12.2 Å². The highest BCUT2D eigenvalue weighted by molar-refractivity contribution is 5.89. The molecule has 8 heteroatoms. The van der Waals surface area contributed by atoms with Crippen LogP contribution in [0, 0.1) is 11.6 Å². The fourth-order valence-electron chi connectivity index (χ4n) is 1.83. The van der Waals surface area contributed by atoms with Crippen LogP contribution in [0.2, 0.25) is 0 Å². The van der Waals surface area contributed by atoms with E-state index >= 15 is 0 Å². The average molecular weight is 323 g/mol. The molecule has 6 nitrogen and oxygen atoms in total. The van der Waals surface area contributed by atoms with Gasteiger partial charge in [-0.05, 0) is 32.0 Å². The zero-order valence-electron chi connectivity index (χ0n) is 12.5. The molecule has 1 amide bonds. The summed E-state index contributed by atoms with van der Waals surface area (Å²) >= 11 is 0. The van der Waals surface area contributed by atoms with E-state index in [4.69, 9.17) is 4.74 Å². The molecule has 0 bridgehead atoms. The summed E-state index contributed by atoms with van der Waals surface area (Å²) in [5.74, 6) is -2.94. The first kappa shape index (κ1) is 16.6. The molecule has 0 aliphatic carbocycles. The van der Waals surface area contributed by atoms with Gasteiger partial charge in [-0.15, -0.1) is 0 Å². The summed E-state index contributed by atoms with van der Waals surface area (Å²) in [6, 6.07) is 4.54. The molecule has 0 radical (unpaired) electrons. The normalized spacial score (nSPS) is 10.7. The molecule has 2 rings (SSSR count). The maximum absolute atomic E-state index is 13.7. The van der Waals surface area contributed by atoms with Crippen molar-refractivity contribution in [1.29, 1.82) is 0 Å². The maximum atomic E-state index is 13.7. The summed E-state index contributed by atoms with van der Waals surface area (Å²) < 4.78 is 33.0. The number of amides is 1. The molecular formula is C15H15F2N3O3. The van der Waals surface area contributed by atoms with Crippen LogP contribution in [0.4, 0.5) is 8.78 Å². The van der Waals surface area contributed by atoms with Crippen molar-refractivity contribution in [2.45, 2.75) is 19.9 Å². The number of nitrogens with one attached hydrogen (secondary N) is 1. The Balaban J connectivity index is 2.07. The van der Waals surface area contributed by atoms with Crippen LogP contribution >= 0.6 is 0 Å². The van der Waals surface area contributed by atoms with Gasteiger partial charge in [-0.25, -0.2) is 18.3 Å². The molecule has 1 aromatic carbocycles. The van der Waals surface area contributed by atoms with Crippen LogP contribution in [0.15, 0.2) is 30.5 Å². The topological polar surface area (TPSA) is 73.2 Å². The van der Waals surface area contributed by atoms with Gasteiger partial charge in [0.15, 0.2) is 23.9 Å². The molecule has 0 spiro atoms. The second kappa shape index (κ2) is 6.99. The van der Waals surface area contributed by atoms with Crippen molar-refractivity contribution in [3.05, 3.63) is 47.8 Å². The molecule has 0 atom stereocenters. The number of hydrogen-bond acceptors (Lipinski definition) is 4. The van der Waals surface area contributed by atoms with Crippen molar-refractivity contribution >= 4 is 11.9 Å². The predicted octanol–water partition coefficient (Wildman–Crippen LogP) is 1.83.